The highest BCUT2D eigenvalue weighted by Gasteiger charge is 2.41. The molecule has 2 bridgehead atoms. The Morgan fingerprint density at radius 1 is 0.933 bits per heavy atom. The Labute approximate surface area is 176 Å². The molecule has 6 rings (SSSR count). The van der Waals surface area contributed by atoms with Crippen LogP contribution in [0.5, 0.6) is 0 Å². The lowest BCUT2D eigenvalue weighted by molar-refractivity contribution is -0.0494. The minimum absolute atomic E-state index is 0.0382. The summed E-state index contributed by atoms with van der Waals surface area (Å²) in [6.07, 6.45) is 2.84. The van der Waals surface area contributed by atoms with Gasteiger partial charge in [-0.1, -0.05) is 60.2 Å². The summed E-state index contributed by atoms with van der Waals surface area (Å²) in [5.41, 5.74) is 6.38. The molecule has 0 saturated carbocycles. The third-order valence-electron chi connectivity index (χ3n) is 6.94. The van der Waals surface area contributed by atoms with Gasteiger partial charge < -0.3 is 14.2 Å². The Hall–Kier alpha value is -2.63. The third-order valence-corrected chi connectivity index (χ3v) is 6.94. The molecule has 3 aliphatic heterocycles. The van der Waals surface area contributed by atoms with Crippen molar-refractivity contribution in [2.24, 2.45) is 5.92 Å². The fourth-order valence-electron chi connectivity index (χ4n) is 5.33. The highest BCUT2D eigenvalue weighted by atomic mass is 16.6. The zero-order valence-electron chi connectivity index (χ0n) is 16.8. The zero-order chi connectivity index (χ0) is 20.1. The van der Waals surface area contributed by atoms with E-state index >= 15 is 0 Å². The van der Waals surface area contributed by atoms with Crippen LogP contribution >= 0.6 is 0 Å². The van der Waals surface area contributed by atoms with E-state index in [2.05, 4.69) is 54.6 Å². The summed E-state index contributed by atoms with van der Waals surface area (Å²) in [4.78, 5) is 15.0. The molecular weight excluding hydrogens is 378 g/mol. The van der Waals surface area contributed by atoms with Gasteiger partial charge in [0.25, 0.3) is 0 Å². The molecule has 2 aromatic carbocycles. The van der Waals surface area contributed by atoms with E-state index in [-0.39, 0.29) is 24.1 Å². The monoisotopic (exact) mass is 403 g/mol. The van der Waals surface area contributed by atoms with Crippen LogP contribution in [0.2, 0.25) is 0 Å². The molecule has 2 unspecified atom stereocenters. The number of ether oxygens (including phenoxy) is 3. The molecule has 2 atom stereocenters. The molecule has 0 N–H and O–H groups in total. The van der Waals surface area contributed by atoms with Crippen molar-refractivity contribution in [1.29, 1.82) is 0 Å². The van der Waals surface area contributed by atoms with Gasteiger partial charge in [-0.15, -0.1) is 0 Å². The number of carbonyl (C=O) groups is 1. The summed E-state index contributed by atoms with van der Waals surface area (Å²) in [5.74, 6) is 0.596. The topological polar surface area (TPSA) is 48.0 Å². The molecule has 2 saturated heterocycles. The average Bonchev–Trinajstić information content (AvgIpc) is 3.04. The fourth-order valence-corrected chi connectivity index (χ4v) is 5.33. The van der Waals surface area contributed by atoms with Crippen LogP contribution in [0.1, 0.15) is 23.5 Å². The van der Waals surface area contributed by atoms with Gasteiger partial charge in [0, 0.05) is 11.8 Å². The number of rotatable bonds is 3. The standard InChI is InChI=1S/C25H25NO4/c27-25(26-18-9-16(17-11-28-12-17)10-19(26)14-29-13-18)30-15-24-22-7-3-1-5-20(22)21-6-2-4-8-23(21)24/h1-9,17-19,24H,10-15H2. The second-order valence-electron chi connectivity index (χ2n) is 8.65. The van der Waals surface area contributed by atoms with E-state index in [4.69, 9.17) is 14.2 Å². The Bertz CT molecular complexity index is 966. The lowest BCUT2D eigenvalue weighted by Crippen LogP contribution is -2.57. The van der Waals surface area contributed by atoms with Gasteiger partial charge in [-0.05, 0) is 28.7 Å². The smallest absolute Gasteiger partial charge is 0.410 e. The molecule has 0 aromatic heterocycles. The van der Waals surface area contributed by atoms with E-state index in [1.807, 2.05) is 4.90 Å². The van der Waals surface area contributed by atoms with Crippen LogP contribution in [-0.2, 0) is 14.2 Å². The Morgan fingerprint density at radius 2 is 1.60 bits per heavy atom. The highest BCUT2D eigenvalue weighted by molar-refractivity contribution is 5.79. The third kappa shape index (κ3) is 2.88. The first kappa shape index (κ1) is 18.2. The van der Waals surface area contributed by atoms with Crippen molar-refractivity contribution in [3.63, 3.8) is 0 Å². The number of fused-ring (bicyclic) bond motifs is 5. The normalized spacial score (nSPS) is 25.2. The molecular formula is C25H25NO4. The first-order valence-corrected chi connectivity index (χ1v) is 10.8. The summed E-state index contributed by atoms with van der Waals surface area (Å²) in [6.45, 7) is 3.08. The van der Waals surface area contributed by atoms with Crippen molar-refractivity contribution in [2.45, 2.75) is 24.4 Å². The molecule has 5 heteroatoms. The summed E-state index contributed by atoms with van der Waals surface area (Å²) >= 11 is 0. The predicted molar refractivity (Wildman–Crippen MR) is 112 cm³/mol. The van der Waals surface area contributed by atoms with E-state index in [9.17, 15) is 4.79 Å². The van der Waals surface area contributed by atoms with Crippen molar-refractivity contribution >= 4 is 6.09 Å². The van der Waals surface area contributed by atoms with Crippen molar-refractivity contribution in [3.05, 3.63) is 71.3 Å². The molecule has 3 heterocycles. The lowest BCUT2D eigenvalue weighted by atomic mass is 9.85. The minimum Gasteiger partial charge on any atom is -0.448 e. The first-order chi connectivity index (χ1) is 14.8. The van der Waals surface area contributed by atoms with E-state index in [1.54, 1.807) is 0 Å². The van der Waals surface area contributed by atoms with Gasteiger partial charge in [0.1, 0.15) is 6.61 Å². The van der Waals surface area contributed by atoms with Crippen molar-refractivity contribution in [1.82, 2.24) is 4.90 Å². The highest BCUT2D eigenvalue weighted by Crippen LogP contribution is 2.44. The van der Waals surface area contributed by atoms with Crippen molar-refractivity contribution < 1.29 is 19.0 Å². The SMILES string of the molecule is O=C(OCC1c2ccccc2-c2ccccc21)N1C2C=C(C3COC3)CC1COC2. The van der Waals surface area contributed by atoms with E-state index < -0.39 is 0 Å². The van der Waals surface area contributed by atoms with E-state index in [1.165, 1.54) is 27.8 Å². The van der Waals surface area contributed by atoms with Gasteiger partial charge >= 0.3 is 6.09 Å². The predicted octanol–water partition coefficient (Wildman–Crippen LogP) is 3.98. The number of carbonyl (C=O) groups excluding carboxylic acids is 1. The Morgan fingerprint density at radius 3 is 2.23 bits per heavy atom. The largest absolute Gasteiger partial charge is 0.448 e. The van der Waals surface area contributed by atoms with Crippen molar-refractivity contribution in [3.8, 4) is 11.1 Å². The molecule has 154 valence electrons. The number of nitrogens with zero attached hydrogens (tertiary/aromatic N) is 1. The lowest BCUT2D eigenvalue weighted by Gasteiger charge is -2.46. The molecule has 2 fully saturated rings. The van der Waals surface area contributed by atoms with Gasteiger partial charge in [0.2, 0.25) is 0 Å². The maximum absolute atomic E-state index is 13.1. The molecule has 4 aliphatic rings. The van der Waals surface area contributed by atoms with Crippen LogP contribution in [0.25, 0.3) is 11.1 Å². The second kappa shape index (κ2) is 7.25. The average molecular weight is 403 g/mol. The summed E-state index contributed by atoms with van der Waals surface area (Å²) < 4.78 is 17.0. The molecule has 1 aliphatic carbocycles. The number of hydrogen-bond donors (Lipinski definition) is 0. The molecule has 30 heavy (non-hydrogen) atoms. The summed E-state index contributed by atoms with van der Waals surface area (Å²) in [7, 11) is 0. The van der Waals surface area contributed by atoms with Crippen LogP contribution in [0.15, 0.2) is 60.2 Å². The number of hydrogen-bond acceptors (Lipinski definition) is 4. The second-order valence-corrected chi connectivity index (χ2v) is 8.65. The van der Waals surface area contributed by atoms with Crippen LogP contribution in [0.3, 0.4) is 0 Å². The molecule has 5 nitrogen and oxygen atoms in total. The van der Waals surface area contributed by atoms with Crippen LogP contribution < -0.4 is 0 Å². The Kier molecular flexibility index (Phi) is 4.39. The van der Waals surface area contributed by atoms with Gasteiger partial charge in [-0.2, -0.15) is 0 Å². The van der Waals surface area contributed by atoms with Crippen LogP contribution in [-0.4, -0.2) is 56.1 Å². The molecule has 0 radical (unpaired) electrons. The number of amides is 1. The fraction of sp³-hybridized carbons (Fsp3) is 0.400. The van der Waals surface area contributed by atoms with Gasteiger partial charge in [0.15, 0.2) is 0 Å². The van der Waals surface area contributed by atoms with Gasteiger partial charge in [0.05, 0.1) is 38.5 Å². The molecule has 2 aromatic rings. The summed E-state index contributed by atoms with van der Waals surface area (Å²) in [5, 5.41) is 0. The van der Waals surface area contributed by atoms with Crippen LogP contribution in [0, 0.1) is 5.92 Å². The van der Waals surface area contributed by atoms with E-state index in [0.717, 1.165) is 19.6 Å². The number of morpholine rings is 1. The zero-order valence-corrected chi connectivity index (χ0v) is 16.8. The molecule has 0 spiro atoms. The van der Waals surface area contributed by atoms with Crippen molar-refractivity contribution in [2.75, 3.05) is 33.0 Å². The quantitative estimate of drug-likeness (QED) is 0.728. The van der Waals surface area contributed by atoms with Gasteiger partial charge in [-0.3, -0.25) is 4.90 Å². The van der Waals surface area contributed by atoms with Gasteiger partial charge in [-0.25, -0.2) is 4.79 Å². The van der Waals surface area contributed by atoms with Crippen LogP contribution in [0.4, 0.5) is 4.79 Å². The minimum atomic E-state index is -0.227. The Balaban J connectivity index is 1.21. The van der Waals surface area contributed by atoms with E-state index in [0.29, 0.717) is 25.7 Å². The maximum atomic E-state index is 13.1. The first-order valence-electron chi connectivity index (χ1n) is 10.8. The molecule has 1 amide bonds. The maximum Gasteiger partial charge on any atom is 0.410 e. The summed E-state index contributed by atoms with van der Waals surface area (Å²) in [6, 6.07) is 16.9. The number of benzene rings is 2.